The van der Waals surface area contributed by atoms with Gasteiger partial charge in [0, 0.05) is 5.69 Å². The third-order valence-electron chi connectivity index (χ3n) is 3.94. The minimum Gasteiger partial charge on any atom is -0.481 e. The number of aliphatic carboxylic acids is 1. The van der Waals surface area contributed by atoms with E-state index in [1.54, 1.807) is 45.0 Å². The number of hydrogen-bond acceptors (Lipinski definition) is 3. The maximum Gasteiger partial charge on any atom is 0.412 e. The van der Waals surface area contributed by atoms with Gasteiger partial charge in [-0.2, -0.15) is 0 Å². The lowest BCUT2D eigenvalue weighted by molar-refractivity contribution is -0.143. The van der Waals surface area contributed by atoms with Gasteiger partial charge in [-0.15, -0.1) is 0 Å². The van der Waals surface area contributed by atoms with Crippen LogP contribution < -0.4 is 5.32 Å². The molecule has 1 aliphatic carbocycles. The van der Waals surface area contributed by atoms with Crippen molar-refractivity contribution in [1.29, 1.82) is 0 Å². The molecule has 2 rings (SSSR count). The predicted octanol–water partition coefficient (Wildman–Crippen LogP) is 3.93. The average Bonchev–Trinajstić information content (AvgIpc) is 2.87. The van der Waals surface area contributed by atoms with Crippen molar-refractivity contribution >= 4 is 17.7 Å². The lowest BCUT2D eigenvalue weighted by Gasteiger charge is -2.27. The quantitative estimate of drug-likeness (QED) is 0.887. The third-order valence-corrected chi connectivity index (χ3v) is 3.94. The molecular weight excluding hydrogens is 282 g/mol. The van der Waals surface area contributed by atoms with Gasteiger partial charge in [0.05, 0.1) is 5.41 Å². The molecule has 0 radical (unpaired) electrons. The van der Waals surface area contributed by atoms with E-state index >= 15 is 0 Å². The van der Waals surface area contributed by atoms with Crippen LogP contribution in [0.25, 0.3) is 0 Å². The number of ether oxygens (including phenoxy) is 1. The summed E-state index contributed by atoms with van der Waals surface area (Å²) < 4.78 is 5.26. The second-order valence-electron chi connectivity index (χ2n) is 6.77. The van der Waals surface area contributed by atoms with Crippen molar-refractivity contribution in [2.75, 3.05) is 5.32 Å². The van der Waals surface area contributed by atoms with Crippen molar-refractivity contribution in [1.82, 2.24) is 0 Å². The molecule has 22 heavy (non-hydrogen) atoms. The number of carboxylic acids is 1. The van der Waals surface area contributed by atoms with E-state index in [2.05, 4.69) is 5.32 Å². The minimum atomic E-state index is -0.911. The largest absolute Gasteiger partial charge is 0.481 e. The van der Waals surface area contributed by atoms with Crippen LogP contribution in [0.1, 0.15) is 52.0 Å². The Bertz CT molecular complexity index is 568. The Hall–Kier alpha value is -2.04. The Balaban J connectivity index is 2.31. The van der Waals surface area contributed by atoms with Gasteiger partial charge >= 0.3 is 12.1 Å². The molecule has 0 unspecified atom stereocenters. The van der Waals surface area contributed by atoms with Crippen LogP contribution in [0.15, 0.2) is 24.3 Å². The number of carbonyl (C=O) groups excluding carboxylic acids is 1. The number of amides is 1. The van der Waals surface area contributed by atoms with Gasteiger partial charge in [0.2, 0.25) is 0 Å². The van der Waals surface area contributed by atoms with Gasteiger partial charge in [0.25, 0.3) is 0 Å². The zero-order chi connectivity index (χ0) is 16.4. The fourth-order valence-corrected chi connectivity index (χ4v) is 3.00. The van der Waals surface area contributed by atoms with Crippen LogP contribution in [0, 0.1) is 0 Å². The fraction of sp³-hybridized carbons (Fsp3) is 0.529. The number of rotatable bonds is 3. The highest BCUT2D eigenvalue weighted by molar-refractivity contribution is 5.90. The molecule has 0 atom stereocenters. The third kappa shape index (κ3) is 3.40. The SMILES string of the molecule is CC(C)(C)OC(=O)Nc1ccccc1C1(C(=O)O)CCCC1. The minimum absolute atomic E-state index is 0.515. The fourth-order valence-electron chi connectivity index (χ4n) is 3.00. The Morgan fingerprint density at radius 1 is 1.18 bits per heavy atom. The Morgan fingerprint density at radius 3 is 2.32 bits per heavy atom. The standard InChI is InChI=1S/C17H23NO4/c1-16(2,3)22-15(21)18-13-9-5-4-8-12(13)17(14(19)20)10-6-7-11-17/h4-5,8-9H,6-7,10-11H2,1-3H3,(H,18,21)(H,19,20). The van der Waals surface area contributed by atoms with E-state index in [0.717, 1.165) is 12.8 Å². The molecule has 1 aliphatic rings. The molecule has 5 nitrogen and oxygen atoms in total. The summed E-state index contributed by atoms with van der Waals surface area (Å²) >= 11 is 0. The second-order valence-corrected chi connectivity index (χ2v) is 6.77. The summed E-state index contributed by atoms with van der Waals surface area (Å²) in [6.07, 6.45) is 2.38. The maximum atomic E-state index is 12.0. The summed E-state index contributed by atoms with van der Waals surface area (Å²) in [7, 11) is 0. The number of benzene rings is 1. The molecule has 1 amide bonds. The van der Waals surface area contributed by atoms with Crippen LogP contribution in [-0.4, -0.2) is 22.8 Å². The van der Waals surface area contributed by atoms with Crippen molar-refractivity contribution < 1.29 is 19.4 Å². The monoisotopic (exact) mass is 305 g/mol. The van der Waals surface area contributed by atoms with Crippen molar-refractivity contribution in [3.63, 3.8) is 0 Å². The number of hydrogen-bond donors (Lipinski definition) is 2. The number of para-hydroxylation sites is 1. The van der Waals surface area contributed by atoms with E-state index in [-0.39, 0.29) is 0 Å². The van der Waals surface area contributed by atoms with Crippen LogP contribution in [0.3, 0.4) is 0 Å². The van der Waals surface area contributed by atoms with Crippen LogP contribution in [0.4, 0.5) is 10.5 Å². The second kappa shape index (κ2) is 5.99. The summed E-state index contributed by atoms with van der Waals surface area (Å²) in [6.45, 7) is 5.36. The summed E-state index contributed by atoms with van der Waals surface area (Å²) in [6, 6.07) is 7.09. The van der Waals surface area contributed by atoms with Crippen molar-refractivity contribution in [3.8, 4) is 0 Å². The number of anilines is 1. The van der Waals surface area contributed by atoms with E-state index in [1.807, 2.05) is 0 Å². The first-order valence-corrected chi connectivity index (χ1v) is 7.57. The molecule has 5 heteroatoms. The lowest BCUT2D eigenvalue weighted by atomic mass is 9.78. The van der Waals surface area contributed by atoms with Crippen LogP contribution in [-0.2, 0) is 14.9 Å². The van der Waals surface area contributed by atoms with Gasteiger partial charge in [0.1, 0.15) is 5.60 Å². The smallest absolute Gasteiger partial charge is 0.412 e. The highest BCUT2D eigenvalue weighted by Gasteiger charge is 2.44. The Kier molecular flexibility index (Phi) is 4.44. The van der Waals surface area contributed by atoms with E-state index in [9.17, 15) is 14.7 Å². The van der Waals surface area contributed by atoms with Crippen LogP contribution in [0.5, 0.6) is 0 Å². The van der Waals surface area contributed by atoms with Crippen LogP contribution >= 0.6 is 0 Å². The normalized spacial score (nSPS) is 17.0. The maximum absolute atomic E-state index is 12.0. The summed E-state index contributed by atoms with van der Waals surface area (Å²) in [4.78, 5) is 23.8. The zero-order valence-electron chi connectivity index (χ0n) is 13.3. The van der Waals surface area contributed by atoms with Crippen LogP contribution in [0.2, 0.25) is 0 Å². The van der Waals surface area contributed by atoms with E-state index in [0.29, 0.717) is 24.1 Å². The Labute approximate surface area is 130 Å². The van der Waals surface area contributed by atoms with Gasteiger partial charge in [-0.05, 0) is 45.2 Å². The average molecular weight is 305 g/mol. The van der Waals surface area contributed by atoms with E-state index in [1.165, 1.54) is 0 Å². The molecule has 0 saturated heterocycles. The molecular formula is C17H23NO4. The molecule has 0 bridgehead atoms. The number of nitrogens with one attached hydrogen (secondary N) is 1. The van der Waals surface area contributed by atoms with E-state index < -0.39 is 23.1 Å². The molecule has 0 aromatic heterocycles. The molecule has 0 aliphatic heterocycles. The molecule has 1 aromatic rings. The van der Waals surface area contributed by atoms with Crippen molar-refractivity contribution in [2.24, 2.45) is 0 Å². The summed E-state index contributed by atoms with van der Waals surface area (Å²) in [5.41, 5.74) is -0.338. The van der Waals surface area contributed by atoms with Gasteiger partial charge in [-0.1, -0.05) is 31.0 Å². The Morgan fingerprint density at radius 2 is 1.77 bits per heavy atom. The van der Waals surface area contributed by atoms with Crippen molar-refractivity contribution in [3.05, 3.63) is 29.8 Å². The predicted molar refractivity (Wildman–Crippen MR) is 84.1 cm³/mol. The van der Waals surface area contributed by atoms with Gasteiger partial charge in [-0.3, -0.25) is 10.1 Å². The van der Waals surface area contributed by atoms with Gasteiger partial charge in [-0.25, -0.2) is 4.79 Å². The van der Waals surface area contributed by atoms with E-state index in [4.69, 9.17) is 4.74 Å². The summed E-state index contributed by atoms with van der Waals surface area (Å²) in [5.74, 6) is -0.830. The first-order chi connectivity index (χ1) is 10.2. The lowest BCUT2D eigenvalue weighted by Crippen LogP contribution is -2.34. The molecule has 1 saturated carbocycles. The topological polar surface area (TPSA) is 75.6 Å². The van der Waals surface area contributed by atoms with Gasteiger partial charge in [0.15, 0.2) is 0 Å². The first-order valence-electron chi connectivity index (χ1n) is 7.57. The molecule has 1 fully saturated rings. The number of carboxylic acid groups (broad SMARTS) is 1. The molecule has 0 spiro atoms. The number of carbonyl (C=O) groups is 2. The highest BCUT2D eigenvalue weighted by Crippen LogP contribution is 2.44. The molecule has 120 valence electrons. The van der Waals surface area contributed by atoms with Gasteiger partial charge < -0.3 is 9.84 Å². The molecule has 0 heterocycles. The highest BCUT2D eigenvalue weighted by atomic mass is 16.6. The molecule has 1 aromatic carbocycles. The first kappa shape index (κ1) is 16.3. The van der Waals surface area contributed by atoms with Crippen molar-refractivity contribution in [2.45, 2.75) is 57.5 Å². The molecule has 2 N–H and O–H groups in total. The summed E-state index contributed by atoms with van der Waals surface area (Å²) in [5, 5.41) is 12.4. The zero-order valence-corrected chi connectivity index (χ0v) is 13.3.